The van der Waals surface area contributed by atoms with Gasteiger partial charge in [-0.05, 0) is 12.5 Å². The van der Waals surface area contributed by atoms with Crippen LogP contribution in [0.15, 0.2) is 30.9 Å². The topological polar surface area (TPSA) is 101 Å². The molecule has 0 fully saturated rings. The second-order valence-corrected chi connectivity index (χ2v) is 4.18. The average Bonchev–Trinajstić information content (AvgIpc) is 2.48. The largest absolute Gasteiger partial charge is 0.480 e. The van der Waals surface area contributed by atoms with Crippen molar-refractivity contribution in [3.8, 4) is 11.4 Å². The normalized spacial score (nSPS) is 11.8. The van der Waals surface area contributed by atoms with E-state index in [0.717, 1.165) is 6.42 Å². The lowest BCUT2D eigenvalue weighted by atomic mass is 10.2. The molecule has 2 rings (SSSR count). The summed E-state index contributed by atoms with van der Waals surface area (Å²) in [4.78, 5) is 27.5. The van der Waals surface area contributed by atoms with E-state index in [1.165, 1.54) is 0 Å². The van der Waals surface area contributed by atoms with Crippen molar-refractivity contribution in [3.63, 3.8) is 0 Å². The Hall–Kier alpha value is -2.57. The summed E-state index contributed by atoms with van der Waals surface area (Å²) >= 11 is 0. The highest BCUT2D eigenvalue weighted by Gasteiger charge is 2.17. The second kappa shape index (κ2) is 6.55. The van der Waals surface area contributed by atoms with Gasteiger partial charge in [0, 0.05) is 18.6 Å². The Morgan fingerprint density at radius 2 is 2.15 bits per heavy atom. The van der Waals surface area contributed by atoms with E-state index in [9.17, 15) is 4.79 Å². The molecule has 2 aromatic rings. The summed E-state index contributed by atoms with van der Waals surface area (Å²) in [5, 5.41) is 11.9. The Bertz CT molecular complexity index is 576. The van der Waals surface area contributed by atoms with Gasteiger partial charge in [0.1, 0.15) is 11.7 Å². The number of anilines is 1. The fraction of sp³-hybridized carbons (Fsp3) is 0.308. The van der Waals surface area contributed by atoms with Crippen LogP contribution in [0.1, 0.15) is 19.8 Å². The molecule has 0 spiro atoms. The molecule has 0 saturated carbocycles. The summed E-state index contributed by atoms with van der Waals surface area (Å²) in [6, 6.07) is 1.00. The zero-order chi connectivity index (χ0) is 14.4. The lowest BCUT2D eigenvalue weighted by Gasteiger charge is -2.13. The Kier molecular flexibility index (Phi) is 4.54. The summed E-state index contributed by atoms with van der Waals surface area (Å²) in [5.74, 6) is -0.644. The molecule has 104 valence electrons. The van der Waals surface area contributed by atoms with Crippen molar-refractivity contribution in [3.05, 3.63) is 30.9 Å². The van der Waals surface area contributed by atoms with Gasteiger partial charge in [-0.1, -0.05) is 13.3 Å². The number of nitrogens with one attached hydrogen (secondary N) is 1. The zero-order valence-electron chi connectivity index (χ0n) is 11.0. The number of hydrogen-bond donors (Lipinski definition) is 2. The standard InChI is InChI=1S/C13H15N5O2/c1-2-3-10(12(19)20)18-13-16-5-4-9(17-13)11-8-14-6-7-15-11/h4-8,10H,2-3H2,1H3,(H,19,20)(H,16,17,18). The third kappa shape index (κ3) is 3.47. The highest BCUT2D eigenvalue weighted by atomic mass is 16.4. The molecule has 20 heavy (non-hydrogen) atoms. The number of hydrogen-bond acceptors (Lipinski definition) is 6. The fourth-order valence-electron chi connectivity index (χ4n) is 1.70. The van der Waals surface area contributed by atoms with Gasteiger partial charge in [-0.25, -0.2) is 14.8 Å². The minimum absolute atomic E-state index is 0.272. The first-order valence-corrected chi connectivity index (χ1v) is 6.29. The molecule has 0 amide bonds. The Labute approximate surface area is 116 Å². The Morgan fingerprint density at radius 3 is 2.80 bits per heavy atom. The van der Waals surface area contributed by atoms with E-state index in [-0.39, 0.29) is 5.95 Å². The first-order valence-electron chi connectivity index (χ1n) is 6.29. The molecule has 2 aromatic heterocycles. The second-order valence-electron chi connectivity index (χ2n) is 4.18. The summed E-state index contributed by atoms with van der Waals surface area (Å²) < 4.78 is 0. The van der Waals surface area contributed by atoms with E-state index in [2.05, 4.69) is 25.3 Å². The van der Waals surface area contributed by atoms with Gasteiger partial charge < -0.3 is 10.4 Å². The molecule has 0 bridgehead atoms. The highest BCUT2D eigenvalue weighted by molar-refractivity contribution is 5.76. The van der Waals surface area contributed by atoms with Gasteiger partial charge in [0.2, 0.25) is 5.95 Å². The van der Waals surface area contributed by atoms with E-state index >= 15 is 0 Å². The van der Waals surface area contributed by atoms with Crippen molar-refractivity contribution in [1.82, 2.24) is 19.9 Å². The third-order valence-electron chi connectivity index (χ3n) is 2.66. The monoisotopic (exact) mass is 273 g/mol. The first kappa shape index (κ1) is 13.9. The number of aromatic nitrogens is 4. The van der Waals surface area contributed by atoms with Gasteiger partial charge >= 0.3 is 5.97 Å². The quantitative estimate of drug-likeness (QED) is 0.824. The number of carboxylic acid groups (broad SMARTS) is 1. The molecule has 0 radical (unpaired) electrons. The number of rotatable bonds is 6. The van der Waals surface area contributed by atoms with Crippen LogP contribution < -0.4 is 5.32 Å². The number of carbonyl (C=O) groups is 1. The van der Waals surface area contributed by atoms with Crippen molar-refractivity contribution < 1.29 is 9.90 Å². The molecule has 0 aromatic carbocycles. The molecule has 0 aliphatic heterocycles. The maximum atomic E-state index is 11.1. The Morgan fingerprint density at radius 1 is 1.30 bits per heavy atom. The number of nitrogens with zero attached hydrogens (tertiary/aromatic N) is 4. The predicted octanol–water partition coefficient (Wildman–Crippen LogP) is 1.60. The molecule has 7 nitrogen and oxygen atoms in total. The predicted molar refractivity (Wildman–Crippen MR) is 73.0 cm³/mol. The van der Waals surface area contributed by atoms with Crippen molar-refractivity contribution in [2.75, 3.05) is 5.32 Å². The maximum Gasteiger partial charge on any atom is 0.326 e. The minimum atomic E-state index is -0.916. The van der Waals surface area contributed by atoms with Crippen LogP contribution in [0.5, 0.6) is 0 Å². The summed E-state index contributed by atoms with van der Waals surface area (Å²) in [6.07, 6.45) is 7.56. The van der Waals surface area contributed by atoms with Crippen LogP contribution in [0.25, 0.3) is 11.4 Å². The van der Waals surface area contributed by atoms with Gasteiger partial charge in [-0.15, -0.1) is 0 Å². The molecule has 0 saturated heterocycles. The van der Waals surface area contributed by atoms with Gasteiger partial charge in [0.15, 0.2) is 0 Å². The summed E-state index contributed by atoms with van der Waals surface area (Å²) in [7, 11) is 0. The maximum absolute atomic E-state index is 11.1. The van der Waals surface area contributed by atoms with Crippen LogP contribution in [-0.4, -0.2) is 37.1 Å². The smallest absolute Gasteiger partial charge is 0.326 e. The van der Waals surface area contributed by atoms with Crippen molar-refractivity contribution >= 4 is 11.9 Å². The molecule has 0 aliphatic rings. The number of aliphatic carboxylic acids is 1. The minimum Gasteiger partial charge on any atom is -0.480 e. The molecule has 7 heteroatoms. The molecular weight excluding hydrogens is 258 g/mol. The lowest BCUT2D eigenvalue weighted by Crippen LogP contribution is -2.29. The fourth-order valence-corrected chi connectivity index (χ4v) is 1.70. The number of carboxylic acids is 1. The SMILES string of the molecule is CCCC(Nc1nccc(-c2cnccn2)n1)C(=O)O. The lowest BCUT2D eigenvalue weighted by molar-refractivity contribution is -0.138. The van der Waals surface area contributed by atoms with Gasteiger partial charge in [0.25, 0.3) is 0 Å². The highest BCUT2D eigenvalue weighted by Crippen LogP contribution is 2.14. The van der Waals surface area contributed by atoms with Crippen LogP contribution in [0, 0.1) is 0 Å². The third-order valence-corrected chi connectivity index (χ3v) is 2.66. The summed E-state index contributed by atoms with van der Waals surface area (Å²) in [5.41, 5.74) is 1.21. The van der Waals surface area contributed by atoms with E-state index in [1.54, 1.807) is 30.9 Å². The molecule has 1 unspecified atom stereocenters. The van der Waals surface area contributed by atoms with Crippen molar-refractivity contribution in [1.29, 1.82) is 0 Å². The average molecular weight is 273 g/mol. The zero-order valence-corrected chi connectivity index (χ0v) is 11.0. The van der Waals surface area contributed by atoms with Crippen LogP contribution in [0.3, 0.4) is 0 Å². The molecule has 2 N–H and O–H groups in total. The molecular formula is C13H15N5O2. The van der Waals surface area contributed by atoms with E-state index in [4.69, 9.17) is 5.11 Å². The van der Waals surface area contributed by atoms with E-state index in [0.29, 0.717) is 17.8 Å². The van der Waals surface area contributed by atoms with Crippen LogP contribution >= 0.6 is 0 Å². The van der Waals surface area contributed by atoms with Crippen molar-refractivity contribution in [2.45, 2.75) is 25.8 Å². The molecule has 1 atom stereocenters. The van der Waals surface area contributed by atoms with Crippen LogP contribution in [-0.2, 0) is 4.79 Å². The van der Waals surface area contributed by atoms with Crippen LogP contribution in [0.2, 0.25) is 0 Å². The Balaban J connectivity index is 2.19. The van der Waals surface area contributed by atoms with Crippen LogP contribution in [0.4, 0.5) is 5.95 Å². The van der Waals surface area contributed by atoms with Gasteiger partial charge in [0.05, 0.1) is 11.9 Å². The van der Waals surface area contributed by atoms with Crippen molar-refractivity contribution in [2.24, 2.45) is 0 Å². The summed E-state index contributed by atoms with van der Waals surface area (Å²) in [6.45, 7) is 1.93. The molecule has 0 aliphatic carbocycles. The van der Waals surface area contributed by atoms with Gasteiger partial charge in [-0.2, -0.15) is 0 Å². The van der Waals surface area contributed by atoms with E-state index < -0.39 is 12.0 Å². The van der Waals surface area contributed by atoms with Gasteiger partial charge in [-0.3, -0.25) is 9.97 Å². The van der Waals surface area contributed by atoms with E-state index in [1.807, 2.05) is 6.92 Å². The first-order chi connectivity index (χ1) is 9.70. The molecule has 2 heterocycles.